The normalized spacial score (nSPS) is 31.2. The number of carbonyl (C=O) groups excluding carboxylic acids is 3. The summed E-state index contributed by atoms with van der Waals surface area (Å²) in [6.45, 7) is 3.54. The molecule has 1 fully saturated rings. The largest absolute Gasteiger partial charge is 0.463 e. The van der Waals surface area contributed by atoms with Gasteiger partial charge in [0.15, 0.2) is 18.5 Å². The molecule has 0 aromatic heterocycles. The van der Waals surface area contributed by atoms with Crippen LogP contribution in [0.2, 0.25) is 0 Å². The van der Waals surface area contributed by atoms with Crippen LogP contribution in [0.5, 0.6) is 0 Å². The number of rotatable bonds is 5. The van der Waals surface area contributed by atoms with Gasteiger partial charge < -0.3 is 23.7 Å². The van der Waals surface area contributed by atoms with Crippen LogP contribution in [0.15, 0.2) is 0 Å². The molecule has 0 aromatic carbocycles. The van der Waals surface area contributed by atoms with E-state index in [0.717, 1.165) is 0 Å². The average Bonchev–Trinajstić information content (AvgIpc) is 2.41. The molecule has 1 heterocycles. The van der Waals surface area contributed by atoms with Crippen LogP contribution in [0, 0.1) is 0 Å². The first kappa shape index (κ1) is 18.9. The average molecular weight is 383 g/mol. The Hall–Kier alpha value is -1.19. The van der Waals surface area contributed by atoms with Gasteiger partial charge in [0, 0.05) is 27.9 Å². The summed E-state index contributed by atoms with van der Waals surface area (Å²) in [4.78, 5) is 33.0. The SMILES string of the molecule is CO[C@@H]1O[C@H](COC(C)=O)[C@@H](OC(C)=O)[C@H](OC(C)=O)[C@H]1Br. The Labute approximate surface area is 136 Å². The lowest BCUT2D eigenvalue weighted by molar-refractivity contribution is -0.255. The lowest BCUT2D eigenvalue weighted by Gasteiger charge is -2.42. The third-order valence-corrected chi connectivity index (χ3v) is 3.81. The fourth-order valence-electron chi connectivity index (χ4n) is 2.05. The van der Waals surface area contributed by atoms with Crippen LogP contribution >= 0.6 is 15.9 Å². The van der Waals surface area contributed by atoms with Crippen molar-refractivity contribution in [3.05, 3.63) is 0 Å². The van der Waals surface area contributed by atoms with E-state index in [0.29, 0.717) is 0 Å². The van der Waals surface area contributed by atoms with E-state index in [9.17, 15) is 14.4 Å². The quantitative estimate of drug-likeness (QED) is 0.386. The van der Waals surface area contributed by atoms with E-state index in [1.807, 2.05) is 0 Å². The zero-order valence-corrected chi connectivity index (χ0v) is 14.3. The highest BCUT2D eigenvalue weighted by atomic mass is 79.9. The second kappa shape index (κ2) is 8.44. The lowest BCUT2D eigenvalue weighted by Crippen LogP contribution is -2.59. The van der Waals surface area contributed by atoms with Gasteiger partial charge in [-0.15, -0.1) is 0 Å². The minimum Gasteiger partial charge on any atom is -0.463 e. The summed E-state index contributed by atoms with van der Waals surface area (Å²) in [5, 5.41) is 0. The van der Waals surface area contributed by atoms with Gasteiger partial charge in [-0.2, -0.15) is 0 Å². The van der Waals surface area contributed by atoms with E-state index in [1.54, 1.807) is 0 Å². The monoisotopic (exact) mass is 382 g/mol. The number of halogens is 1. The summed E-state index contributed by atoms with van der Waals surface area (Å²) < 4.78 is 26.1. The smallest absolute Gasteiger partial charge is 0.303 e. The Morgan fingerprint density at radius 1 is 1.00 bits per heavy atom. The van der Waals surface area contributed by atoms with Gasteiger partial charge in [-0.1, -0.05) is 15.9 Å². The van der Waals surface area contributed by atoms with Crippen LogP contribution in [0.3, 0.4) is 0 Å². The second-order valence-corrected chi connectivity index (χ2v) is 5.73. The van der Waals surface area contributed by atoms with Crippen molar-refractivity contribution < 1.29 is 38.1 Å². The molecule has 0 spiro atoms. The molecule has 1 saturated heterocycles. The zero-order chi connectivity index (χ0) is 16.9. The van der Waals surface area contributed by atoms with E-state index in [-0.39, 0.29) is 6.61 Å². The predicted octanol–water partition coefficient (Wildman–Crippen LogP) is 0.548. The summed E-state index contributed by atoms with van der Waals surface area (Å²) in [5.74, 6) is -1.63. The van der Waals surface area contributed by atoms with Crippen molar-refractivity contribution in [1.82, 2.24) is 0 Å². The van der Waals surface area contributed by atoms with E-state index >= 15 is 0 Å². The Balaban J connectivity index is 3.00. The zero-order valence-electron chi connectivity index (χ0n) is 12.7. The molecule has 1 rings (SSSR count). The van der Waals surface area contributed by atoms with Gasteiger partial charge in [0.1, 0.15) is 17.5 Å². The third kappa shape index (κ3) is 5.22. The van der Waals surface area contributed by atoms with Crippen molar-refractivity contribution in [3.63, 3.8) is 0 Å². The van der Waals surface area contributed by atoms with Crippen molar-refractivity contribution in [2.24, 2.45) is 0 Å². The van der Waals surface area contributed by atoms with Gasteiger partial charge >= 0.3 is 17.9 Å². The van der Waals surface area contributed by atoms with E-state index in [4.69, 9.17) is 23.7 Å². The maximum absolute atomic E-state index is 11.3. The number of hydrogen-bond acceptors (Lipinski definition) is 8. The Morgan fingerprint density at radius 2 is 1.55 bits per heavy atom. The van der Waals surface area contributed by atoms with Crippen LogP contribution in [-0.4, -0.2) is 61.1 Å². The number of hydrogen-bond donors (Lipinski definition) is 0. The molecule has 9 heteroatoms. The minimum absolute atomic E-state index is 0.162. The fourth-order valence-corrected chi connectivity index (χ4v) is 2.80. The molecule has 0 bridgehead atoms. The van der Waals surface area contributed by atoms with Crippen molar-refractivity contribution in [2.45, 2.75) is 50.2 Å². The Morgan fingerprint density at radius 3 is 2.00 bits per heavy atom. The van der Waals surface area contributed by atoms with Gasteiger partial charge in [-0.3, -0.25) is 14.4 Å². The van der Waals surface area contributed by atoms with Crippen LogP contribution < -0.4 is 0 Å². The summed E-state index contributed by atoms with van der Waals surface area (Å²) in [5.41, 5.74) is 0. The Kier molecular flexibility index (Phi) is 7.24. The number of alkyl halides is 1. The molecule has 0 saturated carbocycles. The van der Waals surface area contributed by atoms with Crippen molar-refractivity contribution >= 4 is 33.8 Å². The van der Waals surface area contributed by atoms with Crippen molar-refractivity contribution in [3.8, 4) is 0 Å². The molecule has 8 nitrogen and oxygen atoms in total. The lowest BCUT2D eigenvalue weighted by atomic mass is 10.0. The van der Waals surface area contributed by atoms with Crippen molar-refractivity contribution in [2.75, 3.05) is 13.7 Å². The maximum atomic E-state index is 11.3. The van der Waals surface area contributed by atoms with E-state index in [2.05, 4.69) is 15.9 Å². The first-order valence-electron chi connectivity index (χ1n) is 6.56. The molecule has 0 unspecified atom stereocenters. The summed E-state index contributed by atoms with van der Waals surface area (Å²) in [7, 11) is 1.42. The molecule has 126 valence electrons. The van der Waals surface area contributed by atoms with Gasteiger partial charge in [0.05, 0.1) is 0 Å². The van der Waals surface area contributed by atoms with Gasteiger partial charge in [-0.05, 0) is 0 Å². The number of methoxy groups -OCH3 is 1. The summed E-state index contributed by atoms with van der Waals surface area (Å²) in [6.07, 6.45) is -3.37. The van der Waals surface area contributed by atoms with Crippen LogP contribution in [0.25, 0.3) is 0 Å². The molecule has 0 aromatic rings. The fraction of sp³-hybridized carbons (Fsp3) is 0.769. The van der Waals surface area contributed by atoms with Gasteiger partial charge in [0.2, 0.25) is 0 Å². The Bertz CT molecular complexity index is 426. The maximum Gasteiger partial charge on any atom is 0.303 e. The van der Waals surface area contributed by atoms with E-state index in [1.165, 1.54) is 27.9 Å². The predicted molar refractivity (Wildman–Crippen MR) is 76.1 cm³/mol. The molecule has 0 radical (unpaired) electrons. The molecule has 22 heavy (non-hydrogen) atoms. The van der Waals surface area contributed by atoms with Crippen LogP contribution in [-0.2, 0) is 38.1 Å². The molecular formula is C13H19BrO8. The highest BCUT2D eigenvalue weighted by molar-refractivity contribution is 9.09. The summed E-state index contributed by atoms with van der Waals surface area (Å²) >= 11 is 3.32. The molecule has 0 N–H and O–H groups in total. The van der Waals surface area contributed by atoms with Gasteiger partial charge in [-0.25, -0.2) is 0 Å². The highest BCUT2D eigenvalue weighted by Crippen LogP contribution is 2.31. The first-order chi connectivity index (χ1) is 10.3. The molecular weight excluding hydrogens is 364 g/mol. The number of ether oxygens (including phenoxy) is 5. The van der Waals surface area contributed by atoms with Crippen molar-refractivity contribution in [1.29, 1.82) is 0 Å². The van der Waals surface area contributed by atoms with Crippen LogP contribution in [0.4, 0.5) is 0 Å². The molecule has 0 aliphatic carbocycles. The topological polar surface area (TPSA) is 97.4 Å². The summed E-state index contributed by atoms with van der Waals surface area (Å²) in [6, 6.07) is 0. The first-order valence-corrected chi connectivity index (χ1v) is 7.48. The molecule has 5 atom stereocenters. The number of esters is 3. The second-order valence-electron chi connectivity index (χ2n) is 4.67. The standard InChI is InChI=1S/C13H19BrO8/c1-6(15)19-5-9-11(20-7(2)16)12(21-8(3)17)10(14)13(18-4)22-9/h9-13H,5H2,1-4H3/t9-,10-,11-,12-,13-/m1/s1. The molecule has 1 aliphatic heterocycles. The molecule has 1 aliphatic rings. The number of carbonyl (C=O) groups is 3. The van der Waals surface area contributed by atoms with E-state index < -0.39 is 47.3 Å². The third-order valence-electron chi connectivity index (χ3n) is 2.86. The van der Waals surface area contributed by atoms with Crippen LogP contribution in [0.1, 0.15) is 20.8 Å². The highest BCUT2D eigenvalue weighted by Gasteiger charge is 2.49. The minimum atomic E-state index is -0.934. The van der Waals surface area contributed by atoms with Gasteiger partial charge in [0.25, 0.3) is 0 Å². The molecule has 0 amide bonds.